The molecule has 0 spiro atoms. The number of amides is 1. The van der Waals surface area contributed by atoms with Crippen molar-refractivity contribution >= 4 is 29.2 Å². The monoisotopic (exact) mass is 405 g/mol. The molecular weight excluding hydrogens is 378 g/mol. The lowest BCUT2D eigenvalue weighted by Crippen LogP contribution is -2.36. The van der Waals surface area contributed by atoms with Crippen LogP contribution < -0.4 is 0 Å². The van der Waals surface area contributed by atoms with Crippen molar-refractivity contribution in [1.82, 2.24) is 9.80 Å². The first kappa shape index (κ1) is 18.7. The average Bonchev–Trinajstić information content (AvgIpc) is 2.96. The topological polar surface area (TPSA) is 35.9 Å². The van der Waals surface area contributed by atoms with Crippen LogP contribution in [0.4, 0.5) is 5.69 Å². The number of nitrogens with zero attached hydrogens (tertiary/aromatic N) is 3. The third-order valence-corrected chi connectivity index (χ3v) is 7.22. The van der Waals surface area contributed by atoms with Gasteiger partial charge in [-0.1, -0.05) is 30.0 Å². The Morgan fingerprint density at radius 2 is 1.55 bits per heavy atom. The number of benzene rings is 2. The molecule has 4 nitrogen and oxygen atoms in total. The van der Waals surface area contributed by atoms with Crippen LogP contribution in [0.25, 0.3) is 0 Å². The molecule has 0 atom stereocenters. The van der Waals surface area contributed by atoms with Crippen LogP contribution in [-0.4, -0.2) is 47.7 Å². The zero-order valence-electron chi connectivity index (χ0n) is 16.8. The van der Waals surface area contributed by atoms with Crippen LogP contribution in [-0.2, 0) is 0 Å². The fourth-order valence-corrected chi connectivity index (χ4v) is 5.48. The Morgan fingerprint density at radius 3 is 2.34 bits per heavy atom. The Hall–Kier alpha value is -2.27. The molecule has 0 aliphatic carbocycles. The second-order valence-electron chi connectivity index (χ2n) is 8.12. The van der Waals surface area contributed by atoms with E-state index in [4.69, 9.17) is 4.99 Å². The lowest BCUT2D eigenvalue weighted by atomic mass is 10.1. The molecule has 0 N–H and O–H groups in total. The maximum atomic E-state index is 13.0. The number of carbonyl (C=O) groups excluding carboxylic acids is 1. The molecule has 3 heterocycles. The van der Waals surface area contributed by atoms with Crippen LogP contribution >= 0.6 is 11.8 Å². The van der Waals surface area contributed by atoms with E-state index >= 15 is 0 Å². The summed E-state index contributed by atoms with van der Waals surface area (Å²) < 4.78 is 0. The van der Waals surface area contributed by atoms with E-state index in [1.165, 1.54) is 36.1 Å². The fraction of sp³-hybridized carbons (Fsp3) is 0.417. The predicted molar refractivity (Wildman–Crippen MR) is 118 cm³/mol. The molecule has 1 amide bonds. The second kappa shape index (κ2) is 8.23. The smallest absolute Gasteiger partial charge is 0.253 e. The van der Waals surface area contributed by atoms with Crippen LogP contribution in [0.2, 0.25) is 0 Å². The third kappa shape index (κ3) is 3.80. The SMILES string of the molecule is O=C(c1ccc2c(c1)N=C(N1CCCCC1)c1ccccc1S2)N1CCCCC1. The number of fused-ring (bicyclic) bond motifs is 2. The Labute approximate surface area is 177 Å². The van der Waals surface area contributed by atoms with Gasteiger partial charge in [-0.05, 0) is 62.8 Å². The number of amidine groups is 1. The Balaban J connectivity index is 1.54. The lowest BCUT2D eigenvalue weighted by molar-refractivity contribution is 0.0724. The third-order valence-electron chi connectivity index (χ3n) is 6.08. The van der Waals surface area contributed by atoms with Crippen LogP contribution in [0, 0.1) is 0 Å². The fourth-order valence-electron chi connectivity index (χ4n) is 4.48. The molecule has 0 unspecified atom stereocenters. The van der Waals surface area contributed by atoms with E-state index in [0.717, 1.165) is 61.0 Å². The van der Waals surface area contributed by atoms with E-state index in [0.29, 0.717) is 0 Å². The highest BCUT2D eigenvalue weighted by Gasteiger charge is 2.25. The number of likely N-dealkylation sites (tertiary alicyclic amines) is 2. The van der Waals surface area contributed by atoms with Gasteiger partial charge in [0.2, 0.25) is 0 Å². The summed E-state index contributed by atoms with van der Waals surface area (Å²) in [5.74, 6) is 1.21. The maximum Gasteiger partial charge on any atom is 0.253 e. The van der Waals surface area contributed by atoms with E-state index < -0.39 is 0 Å². The van der Waals surface area contributed by atoms with Crippen molar-refractivity contribution in [3.8, 4) is 0 Å². The second-order valence-corrected chi connectivity index (χ2v) is 9.20. The van der Waals surface area contributed by atoms with Crippen LogP contribution in [0.3, 0.4) is 0 Å². The summed E-state index contributed by atoms with van der Waals surface area (Å²) >= 11 is 1.76. The molecule has 0 radical (unpaired) electrons. The van der Waals surface area contributed by atoms with Gasteiger partial charge in [-0.25, -0.2) is 4.99 Å². The van der Waals surface area contributed by atoms with E-state index in [1.807, 2.05) is 17.0 Å². The predicted octanol–water partition coefficient (Wildman–Crippen LogP) is 5.34. The van der Waals surface area contributed by atoms with Gasteiger partial charge in [-0.3, -0.25) is 4.79 Å². The highest BCUT2D eigenvalue weighted by molar-refractivity contribution is 7.99. The molecule has 29 heavy (non-hydrogen) atoms. The molecule has 2 fully saturated rings. The van der Waals surface area contributed by atoms with Gasteiger partial charge in [0.15, 0.2) is 0 Å². The van der Waals surface area contributed by atoms with E-state index in [2.05, 4.69) is 35.2 Å². The van der Waals surface area contributed by atoms with Crippen LogP contribution in [0.1, 0.15) is 54.4 Å². The summed E-state index contributed by atoms with van der Waals surface area (Å²) in [6, 6.07) is 14.6. The first-order valence-corrected chi connectivity index (χ1v) is 11.7. The molecular formula is C24H27N3OS. The van der Waals surface area contributed by atoms with Crippen LogP contribution in [0.15, 0.2) is 57.2 Å². The Bertz CT molecular complexity index is 943. The van der Waals surface area contributed by atoms with Crippen molar-refractivity contribution in [1.29, 1.82) is 0 Å². The molecule has 5 rings (SSSR count). The van der Waals surface area contributed by atoms with Crippen molar-refractivity contribution in [2.75, 3.05) is 26.2 Å². The summed E-state index contributed by atoms with van der Waals surface area (Å²) in [4.78, 5) is 25.0. The van der Waals surface area contributed by atoms with Gasteiger partial charge in [-0.15, -0.1) is 0 Å². The number of rotatable bonds is 1. The van der Waals surface area contributed by atoms with Crippen molar-refractivity contribution in [2.24, 2.45) is 4.99 Å². The molecule has 0 aromatic heterocycles. The average molecular weight is 406 g/mol. The Morgan fingerprint density at radius 1 is 0.828 bits per heavy atom. The van der Waals surface area contributed by atoms with Gasteiger partial charge >= 0.3 is 0 Å². The molecule has 2 saturated heterocycles. The van der Waals surface area contributed by atoms with Gasteiger partial charge < -0.3 is 9.80 Å². The number of hydrogen-bond acceptors (Lipinski definition) is 4. The van der Waals surface area contributed by atoms with Gasteiger partial charge in [0.25, 0.3) is 5.91 Å². The number of carbonyl (C=O) groups is 1. The number of aliphatic imine (C=N–C) groups is 1. The molecule has 0 bridgehead atoms. The first-order chi connectivity index (χ1) is 14.3. The van der Waals surface area contributed by atoms with E-state index in [1.54, 1.807) is 11.8 Å². The zero-order chi connectivity index (χ0) is 19.6. The molecule has 0 saturated carbocycles. The van der Waals surface area contributed by atoms with Crippen molar-refractivity contribution < 1.29 is 4.79 Å². The molecule has 5 heteroatoms. The van der Waals surface area contributed by atoms with Gasteiger partial charge in [-0.2, -0.15) is 0 Å². The first-order valence-electron chi connectivity index (χ1n) is 10.8. The normalized spacial score (nSPS) is 19.1. The maximum absolute atomic E-state index is 13.0. The number of hydrogen-bond donors (Lipinski definition) is 0. The standard InChI is InChI=1S/C24H27N3OS/c28-24(27-15-7-2-8-16-27)18-11-12-22-20(17-18)25-23(26-13-5-1-6-14-26)19-9-3-4-10-21(19)29-22/h3-4,9-12,17H,1-2,5-8,13-16H2. The minimum Gasteiger partial charge on any atom is -0.356 e. The summed E-state index contributed by atoms with van der Waals surface area (Å²) in [6.07, 6.45) is 7.18. The highest BCUT2D eigenvalue weighted by atomic mass is 32.2. The minimum atomic E-state index is 0.147. The molecule has 3 aliphatic rings. The Kier molecular flexibility index (Phi) is 5.32. The lowest BCUT2D eigenvalue weighted by Gasteiger charge is -2.30. The van der Waals surface area contributed by atoms with Gasteiger partial charge in [0.05, 0.1) is 5.69 Å². The van der Waals surface area contributed by atoms with Crippen molar-refractivity contribution in [2.45, 2.75) is 48.3 Å². The molecule has 2 aromatic carbocycles. The summed E-state index contributed by atoms with van der Waals surface area (Å²) in [7, 11) is 0. The summed E-state index contributed by atoms with van der Waals surface area (Å²) in [5, 5.41) is 0. The molecule has 3 aliphatic heterocycles. The van der Waals surface area contributed by atoms with Crippen LogP contribution in [0.5, 0.6) is 0 Å². The summed E-state index contributed by atoms with van der Waals surface area (Å²) in [5.41, 5.74) is 2.90. The van der Waals surface area contributed by atoms with Gasteiger partial charge in [0.1, 0.15) is 5.84 Å². The molecule has 2 aromatic rings. The van der Waals surface area contributed by atoms with Gasteiger partial charge in [0, 0.05) is 47.1 Å². The number of piperidine rings is 2. The minimum absolute atomic E-state index is 0.147. The quantitative estimate of drug-likeness (QED) is 0.642. The van der Waals surface area contributed by atoms with E-state index in [-0.39, 0.29) is 5.91 Å². The largest absolute Gasteiger partial charge is 0.356 e. The van der Waals surface area contributed by atoms with Crippen molar-refractivity contribution in [3.63, 3.8) is 0 Å². The van der Waals surface area contributed by atoms with E-state index in [9.17, 15) is 4.79 Å². The molecule has 150 valence electrons. The van der Waals surface area contributed by atoms with Crippen molar-refractivity contribution in [3.05, 3.63) is 53.6 Å². The zero-order valence-corrected chi connectivity index (χ0v) is 17.6. The highest BCUT2D eigenvalue weighted by Crippen LogP contribution is 2.41. The summed E-state index contributed by atoms with van der Waals surface area (Å²) in [6.45, 7) is 3.86.